The first-order valence-corrected chi connectivity index (χ1v) is 8.52. The van der Waals surface area contributed by atoms with Crippen LogP contribution in [0, 0.1) is 5.41 Å². The summed E-state index contributed by atoms with van der Waals surface area (Å²) in [7, 11) is -3.13. The minimum absolute atomic E-state index is 0.0849. The van der Waals surface area contributed by atoms with Crippen molar-refractivity contribution in [2.24, 2.45) is 5.41 Å². The lowest BCUT2D eigenvalue weighted by Crippen LogP contribution is -2.41. The molecule has 0 amide bonds. The lowest BCUT2D eigenvalue weighted by Gasteiger charge is -2.34. The molecule has 0 aromatic heterocycles. The lowest BCUT2D eigenvalue weighted by molar-refractivity contribution is -0.0512. The van der Waals surface area contributed by atoms with Crippen LogP contribution in [0.25, 0.3) is 0 Å². The second-order valence-electron chi connectivity index (χ2n) is 4.27. The van der Waals surface area contributed by atoms with E-state index in [0.29, 0.717) is 24.7 Å². The van der Waals surface area contributed by atoms with Crippen LogP contribution in [-0.4, -0.2) is 45.0 Å². The highest BCUT2D eigenvalue weighted by molar-refractivity contribution is 8.01. The highest BCUT2D eigenvalue weighted by atomic mass is 32.2. The quantitative estimate of drug-likeness (QED) is 0.527. The molecular formula is C11H18O5S2. The van der Waals surface area contributed by atoms with Gasteiger partial charge in [-0.1, -0.05) is 13.5 Å². The van der Waals surface area contributed by atoms with Gasteiger partial charge in [-0.3, -0.25) is 0 Å². The van der Waals surface area contributed by atoms with E-state index in [9.17, 15) is 13.2 Å². The number of cyclic esters (lactones) is 2. The molecule has 1 aliphatic rings. The van der Waals surface area contributed by atoms with E-state index in [4.69, 9.17) is 9.47 Å². The number of thioether (sulfide) groups is 1. The highest BCUT2D eigenvalue weighted by Gasteiger charge is 2.36. The minimum atomic E-state index is -3.13. The maximum atomic E-state index is 11.2. The molecule has 0 aromatic carbocycles. The molecule has 0 spiro atoms. The van der Waals surface area contributed by atoms with Gasteiger partial charge in [0, 0.05) is 22.3 Å². The zero-order valence-corrected chi connectivity index (χ0v) is 12.0. The summed E-state index contributed by atoms with van der Waals surface area (Å²) in [5, 5.41) is 0.981. The van der Waals surface area contributed by atoms with E-state index in [1.165, 1.54) is 11.8 Å². The standard InChI is InChI=1S/C11H18O5S2/c1-3-11(7-15-10(12)16-8-11)9-17-5-6-18(13,14)4-2/h4H,2-3,5-9H2,1H3. The second-order valence-corrected chi connectivity index (χ2v) is 7.44. The first-order valence-electron chi connectivity index (χ1n) is 5.65. The molecule has 0 aliphatic carbocycles. The Balaban J connectivity index is 2.36. The summed E-state index contributed by atoms with van der Waals surface area (Å²) in [6.07, 6.45) is 0.194. The van der Waals surface area contributed by atoms with Crippen molar-refractivity contribution in [1.29, 1.82) is 0 Å². The molecule has 0 unspecified atom stereocenters. The van der Waals surface area contributed by atoms with E-state index < -0.39 is 16.0 Å². The number of rotatable bonds is 7. The molecule has 0 aromatic rings. The molecule has 104 valence electrons. The summed E-state index contributed by atoms with van der Waals surface area (Å²) in [6.45, 7) is 5.94. The number of hydrogen-bond donors (Lipinski definition) is 0. The van der Waals surface area contributed by atoms with Gasteiger partial charge in [0.05, 0.1) is 5.75 Å². The minimum Gasteiger partial charge on any atom is -0.434 e. The van der Waals surface area contributed by atoms with Gasteiger partial charge >= 0.3 is 6.16 Å². The van der Waals surface area contributed by atoms with Crippen molar-refractivity contribution in [2.45, 2.75) is 13.3 Å². The van der Waals surface area contributed by atoms with Crippen molar-refractivity contribution in [3.63, 3.8) is 0 Å². The normalized spacial score (nSPS) is 18.8. The second kappa shape index (κ2) is 6.47. The molecule has 18 heavy (non-hydrogen) atoms. The number of sulfone groups is 1. The van der Waals surface area contributed by atoms with Crippen LogP contribution in [0.1, 0.15) is 13.3 Å². The SMILES string of the molecule is C=CS(=O)(=O)CCSCC1(CC)COC(=O)OC1. The zero-order valence-electron chi connectivity index (χ0n) is 10.4. The average molecular weight is 294 g/mol. The Labute approximate surface area is 112 Å². The van der Waals surface area contributed by atoms with Gasteiger partial charge in [-0.05, 0) is 6.42 Å². The fourth-order valence-electron chi connectivity index (χ4n) is 1.44. The number of hydrogen-bond acceptors (Lipinski definition) is 6. The molecular weight excluding hydrogens is 276 g/mol. The summed E-state index contributed by atoms with van der Waals surface area (Å²) in [5.41, 5.74) is -0.198. The summed E-state index contributed by atoms with van der Waals surface area (Å²) in [5.74, 6) is 1.30. The van der Waals surface area contributed by atoms with Crippen molar-refractivity contribution in [1.82, 2.24) is 0 Å². The summed E-state index contributed by atoms with van der Waals surface area (Å²) < 4.78 is 32.2. The third-order valence-electron chi connectivity index (χ3n) is 2.92. The van der Waals surface area contributed by atoms with Gasteiger partial charge in [0.1, 0.15) is 13.2 Å². The van der Waals surface area contributed by atoms with Crippen molar-refractivity contribution >= 4 is 27.8 Å². The number of carbonyl (C=O) groups excluding carboxylic acids is 1. The Morgan fingerprint density at radius 2 is 2.06 bits per heavy atom. The molecule has 0 saturated carbocycles. The summed E-state index contributed by atoms with van der Waals surface area (Å²) >= 11 is 1.53. The van der Waals surface area contributed by atoms with Crippen LogP contribution in [-0.2, 0) is 19.3 Å². The highest BCUT2D eigenvalue weighted by Crippen LogP contribution is 2.31. The lowest BCUT2D eigenvalue weighted by atomic mass is 9.89. The Kier molecular flexibility index (Phi) is 5.52. The Morgan fingerprint density at radius 1 is 1.44 bits per heavy atom. The molecule has 5 nitrogen and oxygen atoms in total. The van der Waals surface area contributed by atoms with Crippen LogP contribution in [0.4, 0.5) is 4.79 Å². The van der Waals surface area contributed by atoms with Gasteiger partial charge in [0.2, 0.25) is 0 Å². The third-order valence-corrected chi connectivity index (χ3v) is 5.77. The summed E-state index contributed by atoms with van der Waals surface area (Å²) in [4.78, 5) is 10.8. The van der Waals surface area contributed by atoms with Crippen LogP contribution >= 0.6 is 11.8 Å². The van der Waals surface area contributed by atoms with E-state index >= 15 is 0 Å². The molecule has 0 atom stereocenters. The zero-order chi connectivity index (χ0) is 13.6. The maximum Gasteiger partial charge on any atom is 0.508 e. The first kappa shape index (κ1) is 15.4. The van der Waals surface area contributed by atoms with Crippen molar-refractivity contribution in [2.75, 3.05) is 30.5 Å². The van der Waals surface area contributed by atoms with Gasteiger partial charge < -0.3 is 9.47 Å². The Morgan fingerprint density at radius 3 is 2.56 bits per heavy atom. The van der Waals surface area contributed by atoms with Crippen LogP contribution in [0.5, 0.6) is 0 Å². The third kappa shape index (κ3) is 4.53. The average Bonchev–Trinajstić information content (AvgIpc) is 2.37. The van der Waals surface area contributed by atoms with E-state index in [1.54, 1.807) is 0 Å². The van der Waals surface area contributed by atoms with Gasteiger partial charge in [-0.25, -0.2) is 13.2 Å². The van der Waals surface area contributed by atoms with Gasteiger partial charge in [-0.15, -0.1) is 0 Å². The molecule has 1 heterocycles. The topological polar surface area (TPSA) is 69.7 Å². The largest absolute Gasteiger partial charge is 0.508 e. The van der Waals surface area contributed by atoms with Crippen molar-refractivity contribution in [3.05, 3.63) is 12.0 Å². The molecule has 0 bridgehead atoms. The summed E-state index contributed by atoms with van der Waals surface area (Å²) in [6, 6.07) is 0. The van der Waals surface area contributed by atoms with Crippen LogP contribution in [0.3, 0.4) is 0 Å². The molecule has 0 radical (unpaired) electrons. The van der Waals surface area contributed by atoms with Crippen LogP contribution in [0.2, 0.25) is 0 Å². The molecule has 7 heteroatoms. The maximum absolute atomic E-state index is 11.2. The van der Waals surface area contributed by atoms with E-state index in [2.05, 4.69) is 6.58 Å². The molecule has 1 rings (SSSR count). The van der Waals surface area contributed by atoms with Gasteiger partial charge in [0.25, 0.3) is 0 Å². The molecule has 1 saturated heterocycles. The van der Waals surface area contributed by atoms with E-state index in [0.717, 1.165) is 11.8 Å². The van der Waals surface area contributed by atoms with E-state index in [-0.39, 0.29) is 11.2 Å². The predicted molar refractivity (Wildman–Crippen MR) is 71.3 cm³/mol. The van der Waals surface area contributed by atoms with Crippen LogP contribution < -0.4 is 0 Å². The van der Waals surface area contributed by atoms with E-state index in [1.807, 2.05) is 6.92 Å². The molecule has 0 N–H and O–H groups in total. The number of ether oxygens (including phenoxy) is 2. The van der Waals surface area contributed by atoms with Crippen molar-refractivity contribution in [3.8, 4) is 0 Å². The first-order chi connectivity index (χ1) is 8.43. The predicted octanol–water partition coefficient (Wildman–Crippen LogP) is 1.84. The number of carbonyl (C=O) groups is 1. The van der Waals surface area contributed by atoms with Crippen molar-refractivity contribution < 1.29 is 22.7 Å². The Bertz CT molecular complexity index is 392. The molecule has 1 aliphatic heterocycles. The van der Waals surface area contributed by atoms with Gasteiger partial charge in [-0.2, -0.15) is 11.8 Å². The Hall–Kier alpha value is -0.690. The smallest absolute Gasteiger partial charge is 0.434 e. The molecule has 1 fully saturated rings. The fraction of sp³-hybridized carbons (Fsp3) is 0.727. The fourth-order valence-corrected chi connectivity index (χ4v) is 3.96. The van der Waals surface area contributed by atoms with Gasteiger partial charge in [0.15, 0.2) is 9.84 Å². The monoisotopic (exact) mass is 294 g/mol. The van der Waals surface area contributed by atoms with Crippen LogP contribution in [0.15, 0.2) is 12.0 Å².